The van der Waals surface area contributed by atoms with Crippen LogP contribution in [0.1, 0.15) is 27.2 Å². The van der Waals surface area contributed by atoms with Crippen molar-refractivity contribution in [2.45, 2.75) is 33.2 Å². The van der Waals surface area contributed by atoms with Crippen LogP contribution in [0.2, 0.25) is 0 Å². The summed E-state index contributed by atoms with van der Waals surface area (Å²) in [4.78, 5) is 19.5. The minimum atomic E-state index is -0.931. The Morgan fingerprint density at radius 3 is 2.14 bits per heavy atom. The first-order valence-corrected chi connectivity index (χ1v) is 4.62. The van der Waals surface area contributed by atoms with Crippen molar-refractivity contribution in [2.75, 3.05) is 6.54 Å². The van der Waals surface area contributed by atoms with E-state index in [9.17, 15) is 9.59 Å². The van der Waals surface area contributed by atoms with Crippen molar-refractivity contribution in [3.63, 3.8) is 0 Å². The Bertz CT molecular complexity index is 160. The molecule has 0 unspecified atom stereocenters. The summed E-state index contributed by atoms with van der Waals surface area (Å²) in [5.41, 5.74) is 5.16. The van der Waals surface area contributed by atoms with Gasteiger partial charge in [0.2, 0.25) is 6.41 Å². The average molecular weight is 204 g/mol. The Morgan fingerprint density at radius 2 is 2.07 bits per heavy atom. The summed E-state index contributed by atoms with van der Waals surface area (Å²) >= 11 is 0. The fourth-order valence-electron chi connectivity index (χ4n) is 0.488. The Morgan fingerprint density at radius 1 is 1.57 bits per heavy atom. The highest BCUT2D eigenvalue weighted by molar-refractivity contribution is 5.73. The number of aliphatic carboxylic acids is 1. The van der Waals surface area contributed by atoms with Gasteiger partial charge in [0.1, 0.15) is 6.04 Å². The van der Waals surface area contributed by atoms with Crippen molar-refractivity contribution in [2.24, 2.45) is 11.7 Å². The van der Waals surface area contributed by atoms with Crippen molar-refractivity contribution < 1.29 is 14.7 Å². The lowest BCUT2D eigenvalue weighted by atomic mass is 10.1. The van der Waals surface area contributed by atoms with Gasteiger partial charge in [-0.1, -0.05) is 20.8 Å². The van der Waals surface area contributed by atoms with Gasteiger partial charge in [0.15, 0.2) is 0 Å². The number of nitrogens with two attached hydrogens (primary N) is 1. The molecule has 0 rings (SSSR count). The zero-order valence-electron chi connectivity index (χ0n) is 8.99. The number of hydrogen-bond donors (Lipinski definition) is 3. The maximum Gasteiger partial charge on any atom is 0.320 e. The van der Waals surface area contributed by atoms with Crippen LogP contribution in [-0.2, 0) is 9.59 Å². The van der Waals surface area contributed by atoms with E-state index in [1.54, 1.807) is 13.8 Å². The molecule has 0 aromatic rings. The maximum atomic E-state index is 10.0. The van der Waals surface area contributed by atoms with Crippen molar-refractivity contribution >= 4 is 12.4 Å². The largest absolute Gasteiger partial charge is 0.480 e. The topological polar surface area (TPSA) is 92.4 Å². The van der Waals surface area contributed by atoms with Gasteiger partial charge in [-0.05, 0) is 12.3 Å². The van der Waals surface area contributed by atoms with Crippen molar-refractivity contribution in [1.29, 1.82) is 0 Å². The van der Waals surface area contributed by atoms with Crippen LogP contribution in [0, 0.1) is 5.92 Å². The monoisotopic (exact) mass is 204 g/mol. The molecule has 0 spiro atoms. The normalized spacial score (nSPS) is 11.2. The smallest absolute Gasteiger partial charge is 0.320 e. The van der Waals surface area contributed by atoms with E-state index in [2.05, 4.69) is 5.32 Å². The summed E-state index contributed by atoms with van der Waals surface area (Å²) < 4.78 is 0. The zero-order chi connectivity index (χ0) is 11.6. The first kappa shape index (κ1) is 15.4. The second-order valence-electron chi connectivity index (χ2n) is 3.18. The number of amides is 1. The zero-order valence-corrected chi connectivity index (χ0v) is 8.99. The van der Waals surface area contributed by atoms with Crippen molar-refractivity contribution in [1.82, 2.24) is 5.32 Å². The molecular formula is C9H20N2O3. The molecule has 0 aromatic carbocycles. The van der Waals surface area contributed by atoms with E-state index in [0.717, 1.165) is 13.0 Å². The SMILES string of the molecule is CC(C)[C@H](N)C(=O)O.CCCNC=O. The molecule has 1 amide bonds. The third-order valence-electron chi connectivity index (χ3n) is 1.48. The Balaban J connectivity index is 0. The molecule has 0 bridgehead atoms. The summed E-state index contributed by atoms with van der Waals surface area (Å²) in [7, 11) is 0. The molecule has 14 heavy (non-hydrogen) atoms. The minimum absolute atomic E-state index is 0.0208. The van der Waals surface area contributed by atoms with Gasteiger partial charge in [0.05, 0.1) is 0 Å². The molecule has 4 N–H and O–H groups in total. The summed E-state index contributed by atoms with van der Waals surface area (Å²) in [6.07, 6.45) is 1.72. The average Bonchev–Trinajstić information content (AvgIpc) is 2.14. The molecule has 0 aromatic heterocycles. The van der Waals surface area contributed by atoms with Crippen LogP contribution in [0.5, 0.6) is 0 Å². The molecule has 0 aliphatic rings. The van der Waals surface area contributed by atoms with E-state index in [1.807, 2.05) is 6.92 Å². The molecule has 5 heteroatoms. The van der Waals surface area contributed by atoms with Crippen molar-refractivity contribution in [3.05, 3.63) is 0 Å². The lowest BCUT2D eigenvalue weighted by Gasteiger charge is -2.07. The van der Waals surface area contributed by atoms with Gasteiger partial charge in [-0.15, -0.1) is 0 Å². The summed E-state index contributed by atoms with van der Waals surface area (Å²) in [5.74, 6) is -0.910. The quantitative estimate of drug-likeness (QED) is 0.440. The van der Waals surface area contributed by atoms with Crippen LogP contribution in [0.15, 0.2) is 0 Å². The number of carbonyl (C=O) groups is 2. The summed E-state index contributed by atoms with van der Waals surface area (Å²) in [6, 6.07) is -0.713. The van der Waals surface area contributed by atoms with Gasteiger partial charge in [-0.2, -0.15) is 0 Å². The van der Waals surface area contributed by atoms with Crippen LogP contribution >= 0.6 is 0 Å². The van der Waals surface area contributed by atoms with E-state index in [0.29, 0.717) is 6.41 Å². The van der Waals surface area contributed by atoms with E-state index >= 15 is 0 Å². The molecule has 5 nitrogen and oxygen atoms in total. The van der Waals surface area contributed by atoms with E-state index in [4.69, 9.17) is 10.8 Å². The second kappa shape index (κ2) is 9.98. The molecule has 0 fully saturated rings. The van der Waals surface area contributed by atoms with Gasteiger partial charge in [0, 0.05) is 6.54 Å². The standard InChI is InChI=1S/C5H11NO2.C4H9NO/c1-3(2)4(6)5(7)8;1-2-3-5-4-6/h3-4H,6H2,1-2H3,(H,7,8);4H,2-3H2,1H3,(H,5,6)/t4-;/m0./s1. The number of nitrogens with one attached hydrogen (secondary N) is 1. The van der Waals surface area contributed by atoms with Crippen LogP contribution in [-0.4, -0.2) is 30.1 Å². The lowest BCUT2D eigenvalue weighted by molar-refractivity contribution is -0.139. The molecule has 84 valence electrons. The summed E-state index contributed by atoms with van der Waals surface area (Å²) in [6.45, 7) is 6.36. The van der Waals surface area contributed by atoms with E-state index in [-0.39, 0.29) is 5.92 Å². The molecule has 0 saturated heterocycles. The Hall–Kier alpha value is -1.10. The molecule has 0 heterocycles. The molecule has 0 aliphatic carbocycles. The van der Waals surface area contributed by atoms with Gasteiger partial charge >= 0.3 is 5.97 Å². The first-order chi connectivity index (χ1) is 6.47. The minimum Gasteiger partial charge on any atom is -0.480 e. The number of carbonyl (C=O) groups excluding carboxylic acids is 1. The van der Waals surface area contributed by atoms with Crippen LogP contribution < -0.4 is 11.1 Å². The van der Waals surface area contributed by atoms with E-state index in [1.165, 1.54) is 0 Å². The van der Waals surface area contributed by atoms with E-state index < -0.39 is 12.0 Å². The van der Waals surface area contributed by atoms with Gasteiger partial charge in [-0.3, -0.25) is 9.59 Å². The second-order valence-corrected chi connectivity index (χ2v) is 3.18. The van der Waals surface area contributed by atoms with Crippen LogP contribution in [0.3, 0.4) is 0 Å². The highest BCUT2D eigenvalue weighted by atomic mass is 16.4. The lowest BCUT2D eigenvalue weighted by Crippen LogP contribution is -2.34. The maximum absolute atomic E-state index is 10.0. The van der Waals surface area contributed by atoms with Gasteiger partial charge in [0.25, 0.3) is 0 Å². The predicted octanol–water partition coefficient (Wildman–Crippen LogP) is 0.197. The molecular weight excluding hydrogens is 184 g/mol. The molecule has 0 saturated carbocycles. The number of rotatable bonds is 5. The molecule has 0 radical (unpaired) electrons. The molecule has 0 aliphatic heterocycles. The highest BCUT2D eigenvalue weighted by Gasteiger charge is 2.14. The predicted molar refractivity (Wildman–Crippen MR) is 54.8 cm³/mol. The van der Waals surface area contributed by atoms with Crippen molar-refractivity contribution in [3.8, 4) is 0 Å². The Kier molecular flexibility index (Phi) is 11.0. The number of carboxylic acids is 1. The fourth-order valence-corrected chi connectivity index (χ4v) is 0.488. The number of hydrogen-bond acceptors (Lipinski definition) is 3. The highest BCUT2D eigenvalue weighted by Crippen LogP contribution is 1.96. The Labute approximate surface area is 84.7 Å². The molecule has 1 atom stereocenters. The third-order valence-corrected chi connectivity index (χ3v) is 1.48. The number of carboxylic acid groups (broad SMARTS) is 1. The van der Waals surface area contributed by atoms with Crippen LogP contribution in [0.4, 0.5) is 0 Å². The van der Waals surface area contributed by atoms with Gasteiger partial charge < -0.3 is 16.2 Å². The van der Waals surface area contributed by atoms with Crippen LogP contribution in [0.25, 0.3) is 0 Å². The van der Waals surface area contributed by atoms with Gasteiger partial charge in [-0.25, -0.2) is 0 Å². The first-order valence-electron chi connectivity index (χ1n) is 4.62. The fraction of sp³-hybridized carbons (Fsp3) is 0.778. The summed E-state index contributed by atoms with van der Waals surface area (Å²) in [5, 5.41) is 10.7. The third kappa shape index (κ3) is 10.9.